The minimum absolute atomic E-state index is 0.000196. The molecule has 1 aliphatic carbocycles. The standard InChI is InChI=1S/C28H30FNO4.C21H20FNO3.C18H12FNO5.C18H14FNO3.C7H3F2NO4/c1-17(2)30(27(31)20-10-8-18(3)9-11-20)25-16-24(29)26(15-23(25)28(32)33)34-22-13-12-19-6-4-5-7-21(19)14-22;1-13(2)23-19-12-18(22)20(11-17(19)21(24)25-3)26-16-9-8-14-6-4-5-7-15(14)10-16;1-24-18(21)14-9-17(15(19)10-16(14)20(22)23)25-13-7-6-11-4-2-3-5-12(11)8-13;1-22-18(21)14-9-17(15(19)10-16(14)20)23-13-7-6-11-4-2-3-5-12(11)8-13;8-4-1-3(7(11)12)6(10(13)14)2-5(4)9/h4-7,12-18,20H,8-11H2,1-3H3,(H,32,33);4-13,23H,1-3H3;2-10H,1H3;2-10H,20H2,1H3;1-2H,(H,11,12). The highest BCUT2D eigenvalue weighted by molar-refractivity contribution is 6.04. The van der Waals surface area contributed by atoms with E-state index in [0.29, 0.717) is 40.7 Å². The van der Waals surface area contributed by atoms with Crippen LogP contribution in [0.15, 0.2) is 231 Å². The van der Waals surface area contributed by atoms with Crippen molar-refractivity contribution < 1.29 is 108 Å². The number of halogens is 6. The number of nitrogen functional groups attached to an aromatic ring is 1. The lowest BCUT2D eigenvalue weighted by atomic mass is 9.82. The highest BCUT2D eigenvalue weighted by atomic mass is 19.2. The van der Waals surface area contributed by atoms with Gasteiger partial charge in [-0.3, -0.25) is 25.0 Å². The molecule has 24 nitrogen and oxygen atoms in total. The van der Waals surface area contributed by atoms with Crippen LogP contribution in [0.4, 0.5) is 54.8 Å². The fraction of sp³-hybridized carbons (Fsp3) is 0.174. The quantitative estimate of drug-likeness (QED) is 0.0137. The molecule has 0 atom stereocenters. The normalized spacial score (nSPS) is 12.6. The fourth-order valence-electron chi connectivity index (χ4n) is 13.0. The van der Waals surface area contributed by atoms with Gasteiger partial charge in [-0.15, -0.1) is 0 Å². The molecule has 628 valence electrons. The van der Waals surface area contributed by atoms with Crippen molar-refractivity contribution in [1.29, 1.82) is 0 Å². The molecule has 122 heavy (non-hydrogen) atoms. The summed E-state index contributed by atoms with van der Waals surface area (Å²) < 4.78 is 119. The molecule has 0 unspecified atom stereocenters. The topological polar surface area (TPSA) is 335 Å². The molecule has 0 heterocycles. The summed E-state index contributed by atoms with van der Waals surface area (Å²) in [6, 6.07) is 61.2. The largest absolute Gasteiger partial charge is 0.478 e. The Bertz CT molecular complexity index is 6100. The minimum Gasteiger partial charge on any atom is -0.478 e. The molecule has 1 fully saturated rings. The molecule has 1 aliphatic rings. The first kappa shape index (κ1) is 89.2. The summed E-state index contributed by atoms with van der Waals surface area (Å²) in [5.41, 5.74) is 3.26. The number of ether oxygens (including phenoxy) is 7. The Morgan fingerprint density at radius 2 is 0.738 bits per heavy atom. The molecule has 30 heteroatoms. The predicted octanol–water partition coefficient (Wildman–Crippen LogP) is 22.6. The molecule has 0 radical (unpaired) electrons. The van der Waals surface area contributed by atoms with E-state index in [0.717, 1.165) is 94.1 Å². The smallest absolute Gasteiger partial charge is 0.345 e. The molecule has 1 amide bonds. The number of methoxy groups -OCH3 is 3. The first-order valence-corrected chi connectivity index (χ1v) is 37.6. The third-order valence-electron chi connectivity index (χ3n) is 19.0. The number of esters is 3. The molecule has 0 spiro atoms. The Balaban J connectivity index is 0.000000163. The molecule has 13 aromatic rings. The van der Waals surface area contributed by atoms with Crippen molar-refractivity contribution in [1.82, 2.24) is 0 Å². The van der Waals surface area contributed by atoms with Crippen LogP contribution < -0.4 is 34.9 Å². The molecule has 0 saturated heterocycles. The van der Waals surface area contributed by atoms with Gasteiger partial charge in [-0.05, 0) is 157 Å². The molecular formula is C92H79F6N5O19. The summed E-state index contributed by atoms with van der Waals surface area (Å²) in [6.07, 6.45) is 3.44. The molecule has 0 aliphatic heterocycles. The highest BCUT2D eigenvalue weighted by Crippen LogP contribution is 2.40. The number of carbonyl (C=O) groups excluding carboxylic acids is 4. The number of carboxylic acid groups (broad SMARTS) is 2. The van der Waals surface area contributed by atoms with Gasteiger partial charge in [-0.2, -0.15) is 0 Å². The number of benzene rings is 13. The van der Waals surface area contributed by atoms with Crippen LogP contribution in [0.1, 0.15) is 112 Å². The van der Waals surface area contributed by atoms with Crippen LogP contribution in [0, 0.1) is 67.0 Å². The fourth-order valence-corrected chi connectivity index (χ4v) is 13.0. The van der Waals surface area contributed by atoms with Crippen molar-refractivity contribution >= 4 is 107 Å². The zero-order chi connectivity index (χ0) is 88.3. The van der Waals surface area contributed by atoms with Crippen LogP contribution in [-0.2, 0) is 19.0 Å². The maximum Gasteiger partial charge on any atom is 0.345 e. The minimum atomic E-state index is -1.68. The van der Waals surface area contributed by atoms with Gasteiger partial charge in [-0.1, -0.05) is 128 Å². The third kappa shape index (κ3) is 22.4. The van der Waals surface area contributed by atoms with Crippen LogP contribution in [0.5, 0.6) is 46.0 Å². The van der Waals surface area contributed by atoms with E-state index in [1.165, 1.54) is 43.4 Å². The van der Waals surface area contributed by atoms with Crippen LogP contribution in [0.25, 0.3) is 43.1 Å². The van der Waals surface area contributed by atoms with Crippen molar-refractivity contribution in [2.45, 2.75) is 72.4 Å². The summed E-state index contributed by atoms with van der Waals surface area (Å²) >= 11 is 0. The van der Waals surface area contributed by atoms with Gasteiger partial charge < -0.3 is 59.3 Å². The number of aromatic carboxylic acids is 2. The van der Waals surface area contributed by atoms with Crippen LogP contribution in [0.2, 0.25) is 0 Å². The zero-order valence-electron chi connectivity index (χ0n) is 66.6. The number of fused-ring (bicyclic) bond motifs is 4. The van der Waals surface area contributed by atoms with Gasteiger partial charge in [0.05, 0.1) is 71.4 Å². The van der Waals surface area contributed by atoms with Crippen LogP contribution in [0.3, 0.4) is 0 Å². The lowest BCUT2D eigenvalue weighted by Crippen LogP contribution is -2.43. The number of nitrogens with one attached hydrogen (secondary N) is 1. The third-order valence-corrected chi connectivity index (χ3v) is 19.0. The van der Waals surface area contributed by atoms with Gasteiger partial charge in [0.2, 0.25) is 5.91 Å². The molecular weight excluding hydrogens is 1590 g/mol. The molecule has 5 N–H and O–H groups in total. The van der Waals surface area contributed by atoms with Crippen LogP contribution >= 0.6 is 0 Å². The summed E-state index contributed by atoms with van der Waals surface area (Å²) in [6.45, 7) is 9.60. The number of rotatable bonds is 20. The number of nitrogens with two attached hydrogens (primary N) is 1. The van der Waals surface area contributed by atoms with E-state index < -0.39 is 91.5 Å². The van der Waals surface area contributed by atoms with Crippen molar-refractivity contribution in [2.24, 2.45) is 11.8 Å². The number of carbonyl (C=O) groups is 6. The second-order valence-electron chi connectivity index (χ2n) is 28.2. The number of carboxylic acids is 2. The zero-order valence-corrected chi connectivity index (χ0v) is 66.6. The Morgan fingerprint density at radius 1 is 0.410 bits per heavy atom. The van der Waals surface area contributed by atoms with Crippen molar-refractivity contribution in [3.63, 3.8) is 0 Å². The summed E-state index contributed by atoms with van der Waals surface area (Å²) in [7, 11) is 3.60. The Labute approximate surface area is 693 Å². The van der Waals surface area contributed by atoms with Gasteiger partial charge in [0.15, 0.2) is 57.9 Å². The first-order chi connectivity index (χ1) is 58.2. The second-order valence-corrected chi connectivity index (χ2v) is 28.2. The predicted molar refractivity (Wildman–Crippen MR) is 446 cm³/mol. The monoisotopic (exact) mass is 1670 g/mol. The first-order valence-electron chi connectivity index (χ1n) is 37.6. The molecule has 0 aromatic heterocycles. The van der Waals surface area contributed by atoms with Gasteiger partial charge in [0.25, 0.3) is 11.4 Å². The van der Waals surface area contributed by atoms with E-state index in [9.17, 15) is 76.1 Å². The van der Waals surface area contributed by atoms with E-state index in [1.54, 1.807) is 48.5 Å². The van der Waals surface area contributed by atoms with Crippen molar-refractivity contribution in [2.75, 3.05) is 37.3 Å². The Kier molecular flexibility index (Phi) is 29.5. The second kappa shape index (κ2) is 40.4. The van der Waals surface area contributed by atoms with Gasteiger partial charge in [0, 0.05) is 66.2 Å². The highest BCUT2D eigenvalue weighted by Gasteiger charge is 2.34. The van der Waals surface area contributed by atoms with Gasteiger partial charge in [0.1, 0.15) is 34.1 Å². The van der Waals surface area contributed by atoms with E-state index in [1.807, 2.05) is 149 Å². The maximum atomic E-state index is 15.2. The van der Waals surface area contributed by atoms with E-state index in [-0.39, 0.29) is 92.7 Å². The molecule has 0 bridgehead atoms. The van der Waals surface area contributed by atoms with Crippen molar-refractivity contribution in [3.8, 4) is 46.0 Å². The number of hydrogen-bond donors (Lipinski definition) is 4. The average Bonchev–Trinajstić information content (AvgIpc) is 0.786. The van der Waals surface area contributed by atoms with Crippen molar-refractivity contribution in [3.05, 3.63) is 313 Å². The lowest BCUT2D eigenvalue weighted by molar-refractivity contribution is -0.385. The maximum absolute atomic E-state index is 15.2. The van der Waals surface area contributed by atoms with E-state index >= 15 is 4.39 Å². The van der Waals surface area contributed by atoms with Gasteiger partial charge in [-0.25, -0.2) is 50.3 Å². The number of anilines is 3. The average molecular weight is 1670 g/mol. The Morgan fingerprint density at radius 3 is 1.12 bits per heavy atom. The number of nitrogens with zero attached hydrogens (tertiary/aromatic N) is 3. The number of amides is 1. The molecule has 13 aromatic carbocycles. The number of nitro benzene ring substituents is 2. The lowest BCUT2D eigenvalue weighted by Gasteiger charge is -2.34. The van der Waals surface area contributed by atoms with Crippen LogP contribution in [-0.4, -0.2) is 89.2 Å². The summed E-state index contributed by atoms with van der Waals surface area (Å²) in [5, 5.41) is 50.5. The van der Waals surface area contributed by atoms with E-state index in [2.05, 4.69) is 21.7 Å². The SMILES string of the molecule is CC1CCC(C(=O)N(c2cc(F)c(Oc3ccc4ccccc4c3)cc2C(=O)O)C(C)C)CC1.COC(=O)c1cc(Oc2ccc3ccccc3c2)c(F)cc1N.COC(=O)c1cc(Oc2ccc3ccccc3c2)c(F)cc1NC(C)C.COC(=O)c1cc(Oc2ccc3ccccc3c2)c(F)cc1[N+](=O)[O-].O=C(O)c1cc(F)c(F)cc1[N+](=O)[O-]. The summed E-state index contributed by atoms with van der Waals surface area (Å²) in [5.74, 6) is -9.54. The van der Waals surface area contributed by atoms with E-state index in [4.69, 9.17) is 34.5 Å². The summed E-state index contributed by atoms with van der Waals surface area (Å²) in [4.78, 5) is 92.1. The van der Waals surface area contributed by atoms with Gasteiger partial charge >= 0.3 is 29.8 Å². The molecule has 1 saturated carbocycles. The molecule has 14 rings (SSSR count). The Hall–Kier alpha value is -15.1. The number of nitro groups is 2. The number of hydrogen-bond acceptors (Lipinski definition) is 19.